The Bertz CT molecular complexity index is 607. The zero-order valence-electron chi connectivity index (χ0n) is 13.6. The second kappa shape index (κ2) is 5.66. The highest BCUT2D eigenvalue weighted by molar-refractivity contribution is 7.12. The van der Waals surface area contributed by atoms with Gasteiger partial charge in [0.25, 0.3) is 5.91 Å². The number of carboxylic acids is 1. The molecule has 0 radical (unpaired) electrons. The molecule has 2 rings (SSSR count). The van der Waals surface area contributed by atoms with Gasteiger partial charge in [-0.15, -0.1) is 11.3 Å². The van der Waals surface area contributed by atoms with Crippen LogP contribution in [0.3, 0.4) is 0 Å². The Morgan fingerprint density at radius 2 is 2.09 bits per heavy atom. The average Bonchev–Trinajstić information content (AvgIpc) is 2.75. The molecule has 1 amide bonds. The Morgan fingerprint density at radius 1 is 1.45 bits per heavy atom. The van der Waals surface area contributed by atoms with Gasteiger partial charge in [-0.05, 0) is 26.8 Å². The normalized spacial score (nSPS) is 26.3. The van der Waals surface area contributed by atoms with Crippen molar-refractivity contribution in [2.75, 3.05) is 6.61 Å². The van der Waals surface area contributed by atoms with E-state index in [1.165, 1.54) is 11.3 Å². The van der Waals surface area contributed by atoms with Crippen LogP contribution in [0.25, 0.3) is 0 Å². The van der Waals surface area contributed by atoms with Crippen LogP contribution in [-0.2, 0) is 9.53 Å². The molecule has 1 aromatic heterocycles. The van der Waals surface area contributed by atoms with Crippen LogP contribution in [0.15, 0.2) is 6.07 Å². The van der Waals surface area contributed by atoms with E-state index in [-0.39, 0.29) is 18.4 Å². The van der Waals surface area contributed by atoms with Crippen molar-refractivity contribution in [1.29, 1.82) is 0 Å². The van der Waals surface area contributed by atoms with Gasteiger partial charge in [-0.3, -0.25) is 4.79 Å². The SMILES string of the molecule is CCOC1CC(NC(=O)c2cc(C)sc2C)(C(=O)O)C1(C)C. The molecule has 1 fully saturated rings. The standard InChI is InChI=1S/C16H23NO4S/c1-6-21-12-8-16(14(19)20,15(12,4)5)17-13(18)11-7-9(2)22-10(11)3/h7,12H,6,8H2,1-5H3,(H,17,18)(H,19,20). The summed E-state index contributed by atoms with van der Waals surface area (Å²) >= 11 is 1.53. The molecule has 0 aromatic carbocycles. The van der Waals surface area contributed by atoms with Crippen LogP contribution in [0.4, 0.5) is 0 Å². The first-order valence-corrected chi connectivity index (χ1v) is 8.22. The van der Waals surface area contributed by atoms with Crippen molar-refractivity contribution in [3.05, 3.63) is 21.4 Å². The van der Waals surface area contributed by atoms with Crippen LogP contribution in [0.1, 0.15) is 47.3 Å². The van der Waals surface area contributed by atoms with Crippen molar-refractivity contribution >= 4 is 23.2 Å². The van der Waals surface area contributed by atoms with E-state index in [9.17, 15) is 14.7 Å². The zero-order valence-corrected chi connectivity index (χ0v) is 14.5. The fourth-order valence-corrected chi connectivity index (χ4v) is 4.08. The molecule has 1 saturated carbocycles. The predicted octanol–water partition coefficient (Wildman–Crippen LogP) is 2.75. The first-order chi connectivity index (χ1) is 10.2. The van der Waals surface area contributed by atoms with Crippen molar-refractivity contribution < 1.29 is 19.4 Å². The summed E-state index contributed by atoms with van der Waals surface area (Å²) in [6.45, 7) is 9.87. The molecule has 0 saturated heterocycles. The molecule has 0 aliphatic heterocycles. The van der Waals surface area contributed by atoms with Crippen molar-refractivity contribution in [1.82, 2.24) is 5.32 Å². The third kappa shape index (κ3) is 2.44. The summed E-state index contributed by atoms with van der Waals surface area (Å²) in [6.07, 6.45) is 0.121. The molecule has 2 atom stereocenters. The van der Waals surface area contributed by atoms with Crippen LogP contribution in [-0.4, -0.2) is 35.2 Å². The molecule has 1 aromatic rings. The minimum atomic E-state index is -1.29. The van der Waals surface area contributed by atoms with E-state index >= 15 is 0 Å². The van der Waals surface area contributed by atoms with Crippen LogP contribution >= 0.6 is 11.3 Å². The molecule has 2 N–H and O–H groups in total. The zero-order chi connectivity index (χ0) is 16.7. The van der Waals surface area contributed by atoms with Gasteiger partial charge in [-0.2, -0.15) is 0 Å². The van der Waals surface area contributed by atoms with Gasteiger partial charge in [-0.25, -0.2) is 4.79 Å². The fourth-order valence-electron chi connectivity index (χ4n) is 3.15. The quantitative estimate of drug-likeness (QED) is 0.873. The van der Waals surface area contributed by atoms with Gasteiger partial charge in [-0.1, -0.05) is 13.8 Å². The lowest BCUT2D eigenvalue weighted by molar-refractivity contribution is -0.190. The number of carbonyl (C=O) groups is 2. The summed E-state index contributed by atoms with van der Waals surface area (Å²) in [7, 11) is 0. The van der Waals surface area contributed by atoms with Gasteiger partial charge in [0.15, 0.2) is 0 Å². The second-order valence-corrected chi connectivity index (χ2v) is 7.82. The van der Waals surface area contributed by atoms with Gasteiger partial charge in [0.2, 0.25) is 0 Å². The van der Waals surface area contributed by atoms with Crippen LogP contribution in [0.2, 0.25) is 0 Å². The van der Waals surface area contributed by atoms with E-state index in [2.05, 4.69) is 5.32 Å². The van der Waals surface area contributed by atoms with Crippen LogP contribution in [0, 0.1) is 19.3 Å². The number of hydrogen-bond acceptors (Lipinski definition) is 4. The maximum Gasteiger partial charge on any atom is 0.330 e. The Morgan fingerprint density at radius 3 is 2.50 bits per heavy atom. The smallest absolute Gasteiger partial charge is 0.330 e. The summed E-state index contributed by atoms with van der Waals surface area (Å²) in [4.78, 5) is 26.3. The summed E-state index contributed by atoms with van der Waals surface area (Å²) in [5, 5.41) is 12.5. The highest BCUT2D eigenvalue weighted by atomic mass is 32.1. The molecule has 0 spiro atoms. The lowest BCUT2D eigenvalue weighted by Crippen LogP contribution is -2.76. The topological polar surface area (TPSA) is 75.6 Å². The number of thiophene rings is 1. The Balaban J connectivity index is 2.26. The van der Waals surface area contributed by atoms with Gasteiger partial charge >= 0.3 is 5.97 Å². The second-order valence-electron chi connectivity index (χ2n) is 6.36. The molecule has 122 valence electrons. The molecule has 0 bridgehead atoms. The van der Waals surface area contributed by atoms with Gasteiger partial charge in [0.1, 0.15) is 5.54 Å². The molecule has 1 aliphatic rings. The van der Waals surface area contributed by atoms with E-state index in [4.69, 9.17) is 4.74 Å². The lowest BCUT2D eigenvalue weighted by Gasteiger charge is -2.58. The molecular weight excluding hydrogens is 302 g/mol. The maximum absolute atomic E-state index is 12.5. The largest absolute Gasteiger partial charge is 0.479 e. The molecule has 6 heteroatoms. The lowest BCUT2D eigenvalue weighted by atomic mass is 9.54. The Hall–Kier alpha value is -1.40. The number of amides is 1. The van der Waals surface area contributed by atoms with Crippen molar-refractivity contribution in [3.8, 4) is 0 Å². The monoisotopic (exact) mass is 325 g/mol. The summed E-state index contributed by atoms with van der Waals surface area (Å²) < 4.78 is 5.60. The van der Waals surface area contributed by atoms with E-state index in [0.717, 1.165) is 9.75 Å². The number of carbonyl (C=O) groups excluding carboxylic acids is 1. The van der Waals surface area contributed by atoms with Gasteiger partial charge in [0, 0.05) is 28.2 Å². The molecule has 5 nitrogen and oxygen atoms in total. The first-order valence-electron chi connectivity index (χ1n) is 7.40. The summed E-state index contributed by atoms with van der Waals surface area (Å²) in [5.41, 5.74) is -1.39. The number of rotatable bonds is 5. The summed E-state index contributed by atoms with van der Waals surface area (Å²) in [6, 6.07) is 1.80. The van der Waals surface area contributed by atoms with Crippen molar-refractivity contribution in [2.24, 2.45) is 5.41 Å². The molecule has 2 unspecified atom stereocenters. The molecule has 22 heavy (non-hydrogen) atoms. The first kappa shape index (κ1) is 17.0. The van der Waals surface area contributed by atoms with Gasteiger partial charge in [0.05, 0.1) is 11.7 Å². The summed E-state index contributed by atoms with van der Waals surface area (Å²) in [5.74, 6) is -1.33. The molecule has 1 heterocycles. The number of hydrogen-bond donors (Lipinski definition) is 2. The van der Waals surface area contributed by atoms with E-state index in [0.29, 0.717) is 12.2 Å². The van der Waals surface area contributed by atoms with Crippen LogP contribution < -0.4 is 5.32 Å². The minimum Gasteiger partial charge on any atom is -0.479 e. The average molecular weight is 325 g/mol. The van der Waals surface area contributed by atoms with E-state index in [1.54, 1.807) is 6.07 Å². The third-order valence-electron chi connectivity index (χ3n) is 4.74. The fraction of sp³-hybridized carbons (Fsp3) is 0.625. The number of nitrogens with one attached hydrogen (secondary N) is 1. The Kier molecular flexibility index (Phi) is 4.37. The number of carboxylic acid groups (broad SMARTS) is 1. The minimum absolute atomic E-state index is 0.167. The number of ether oxygens (including phenoxy) is 1. The highest BCUT2D eigenvalue weighted by Crippen LogP contribution is 2.51. The highest BCUT2D eigenvalue weighted by Gasteiger charge is 2.66. The predicted molar refractivity (Wildman–Crippen MR) is 85.4 cm³/mol. The van der Waals surface area contributed by atoms with E-state index in [1.807, 2.05) is 34.6 Å². The van der Waals surface area contributed by atoms with Crippen molar-refractivity contribution in [2.45, 2.75) is 52.7 Å². The molecular formula is C16H23NO4S. The van der Waals surface area contributed by atoms with Crippen LogP contribution in [0.5, 0.6) is 0 Å². The van der Waals surface area contributed by atoms with E-state index < -0.39 is 16.9 Å². The van der Waals surface area contributed by atoms with Crippen molar-refractivity contribution in [3.63, 3.8) is 0 Å². The number of aliphatic carboxylic acids is 1. The molecule has 1 aliphatic carbocycles. The van der Waals surface area contributed by atoms with Gasteiger partial charge < -0.3 is 15.2 Å². The maximum atomic E-state index is 12.5. The number of aryl methyl sites for hydroxylation is 2. The third-order valence-corrected chi connectivity index (χ3v) is 5.71. The Labute approximate surface area is 134 Å².